The quantitative estimate of drug-likeness (QED) is 0.934. The average molecular weight is 316 g/mol. The zero-order chi connectivity index (χ0) is 16.4. The molecule has 1 aliphatic carbocycles. The molecule has 1 fully saturated rings. The molecule has 0 spiro atoms. The third kappa shape index (κ3) is 3.17. The number of hydrogen-bond acceptors (Lipinski definition) is 6. The first-order valence-electron chi connectivity index (χ1n) is 8.00. The van der Waals surface area contributed by atoms with Crippen LogP contribution in [0.15, 0.2) is 18.5 Å². The number of anilines is 1. The Labute approximate surface area is 136 Å². The third-order valence-electron chi connectivity index (χ3n) is 4.63. The van der Waals surface area contributed by atoms with Gasteiger partial charge < -0.3 is 20.1 Å². The molecule has 6 heteroatoms. The van der Waals surface area contributed by atoms with Crippen LogP contribution >= 0.6 is 0 Å². The highest BCUT2D eigenvalue weighted by molar-refractivity contribution is 5.95. The van der Waals surface area contributed by atoms with E-state index in [1.807, 2.05) is 12.1 Å². The lowest BCUT2D eigenvalue weighted by molar-refractivity contribution is 0.110. The number of methoxy groups -OCH3 is 1. The van der Waals surface area contributed by atoms with Crippen LogP contribution in [0.1, 0.15) is 25.7 Å². The molecule has 1 aliphatic rings. The second-order valence-electron chi connectivity index (χ2n) is 6.26. The first-order chi connectivity index (χ1) is 11.1. The second-order valence-corrected chi connectivity index (χ2v) is 6.26. The molecular weight excluding hydrogens is 292 g/mol. The lowest BCUT2D eigenvalue weighted by Gasteiger charge is -2.33. The van der Waals surface area contributed by atoms with Gasteiger partial charge in [0, 0.05) is 6.04 Å². The summed E-state index contributed by atoms with van der Waals surface area (Å²) >= 11 is 0. The van der Waals surface area contributed by atoms with Crippen molar-refractivity contribution < 1.29 is 9.47 Å². The van der Waals surface area contributed by atoms with E-state index in [4.69, 9.17) is 15.2 Å². The molecular formula is C17H24N4O2. The number of ether oxygens (including phenoxy) is 2. The van der Waals surface area contributed by atoms with Crippen molar-refractivity contribution in [2.24, 2.45) is 0 Å². The SMILES string of the molecule is COc1ccc2ncnc(N)c2c1OC1CCC(N(C)C)CC1. The minimum absolute atomic E-state index is 0.172. The number of nitrogen functional groups attached to an aromatic ring is 1. The smallest absolute Gasteiger partial charge is 0.174 e. The summed E-state index contributed by atoms with van der Waals surface area (Å²) in [5, 5.41) is 0.738. The van der Waals surface area contributed by atoms with Crippen LogP contribution in [0.25, 0.3) is 10.9 Å². The number of benzene rings is 1. The second kappa shape index (κ2) is 6.58. The molecule has 0 radical (unpaired) electrons. The normalized spacial score (nSPS) is 21.6. The molecule has 1 saturated carbocycles. The first kappa shape index (κ1) is 15.8. The Bertz CT molecular complexity index is 682. The Hall–Kier alpha value is -2.08. The molecule has 0 amide bonds. The van der Waals surface area contributed by atoms with Crippen molar-refractivity contribution in [3.8, 4) is 11.5 Å². The minimum atomic E-state index is 0.172. The van der Waals surface area contributed by atoms with Crippen LogP contribution in [0.4, 0.5) is 5.82 Å². The molecule has 0 aliphatic heterocycles. The van der Waals surface area contributed by atoms with Gasteiger partial charge in [-0.1, -0.05) is 0 Å². The Balaban J connectivity index is 1.88. The summed E-state index contributed by atoms with van der Waals surface area (Å²) in [4.78, 5) is 10.7. The van der Waals surface area contributed by atoms with Gasteiger partial charge in [0.15, 0.2) is 11.5 Å². The standard InChI is InChI=1S/C17H24N4O2/c1-21(2)11-4-6-12(7-5-11)23-16-14(22-3)9-8-13-15(16)17(18)20-10-19-13/h8-12H,4-7H2,1-3H3,(H2,18,19,20). The summed E-state index contributed by atoms with van der Waals surface area (Å²) in [6, 6.07) is 4.38. The fraction of sp³-hybridized carbons (Fsp3) is 0.529. The number of aromatic nitrogens is 2. The topological polar surface area (TPSA) is 73.5 Å². The molecule has 124 valence electrons. The Morgan fingerprint density at radius 2 is 1.87 bits per heavy atom. The Morgan fingerprint density at radius 3 is 2.52 bits per heavy atom. The highest BCUT2D eigenvalue weighted by Crippen LogP contribution is 2.39. The molecule has 3 rings (SSSR count). The van der Waals surface area contributed by atoms with Crippen LogP contribution in [0.5, 0.6) is 11.5 Å². The molecule has 0 atom stereocenters. The molecule has 0 unspecified atom stereocenters. The Kier molecular flexibility index (Phi) is 4.52. The van der Waals surface area contributed by atoms with E-state index in [-0.39, 0.29) is 6.10 Å². The number of fused-ring (bicyclic) bond motifs is 1. The van der Waals surface area contributed by atoms with Gasteiger partial charge in [0.05, 0.1) is 24.1 Å². The zero-order valence-electron chi connectivity index (χ0n) is 14.0. The number of rotatable bonds is 4. The summed E-state index contributed by atoms with van der Waals surface area (Å²) in [7, 11) is 5.91. The van der Waals surface area contributed by atoms with Crippen molar-refractivity contribution in [1.29, 1.82) is 0 Å². The van der Waals surface area contributed by atoms with Crippen molar-refractivity contribution in [3.63, 3.8) is 0 Å². The number of nitrogens with two attached hydrogens (primary N) is 1. The van der Waals surface area contributed by atoms with E-state index in [9.17, 15) is 0 Å². The highest BCUT2D eigenvalue weighted by atomic mass is 16.5. The molecule has 1 heterocycles. The highest BCUT2D eigenvalue weighted by Gasteiger charge is 2.25. The number of hydrogen-bond donors (Lipinski definition) is 1. The van der Waals surface area contributed by atoms with E-state index in [0.717, 1.165) is 36.6 Å². The molecule has 6 nitrogen and oxygen atoms in total. The number of nitrogens with zero attached hydrogens (tertiary/aromatic N) is 3. The monoisotopic (exact) mass is 316 g/mol. The van der Waals surface area contributed by atoms with Crippen LogP contribution in [0.2, 0.25) is 0 Å². The fourth-order valence-electron chi connectivity index (χ4n) is 3.25. The van der Waals surface area contributed by atoms with Gasteiger partial charge in [-0.05, 0) is 51.9 Å². The predicted molar refractivity (Wildman–Crippen MR) is 90.9 cm³/mol. The first-order valence-corrected chi connectivity index (χ1v) is 8.00. The van der Waals surface area contributed by atoms with Gasteiger partial charge in [-0.25, -0.2) is 9.97 Å². The van der Waals surface area contributed by atoms with E-state index in [2.05, 4.69) is 29.0 Å². The maximum atomic E-state index is 6.30. The van der Waals surface area contributed by atoms with Crippen molar-refractivity contribution in [2.45, 2.75) is 37.8 Å². The van der Waals surface area contributed by atoms with Gasteiger partial charge in [-0.3, -0.25) is 0 Å². The van der Waals surface area contributed by atoms with Crippen molar-refractivity contribution >= 4 is 16.7 Å². The van der Waals surface area contributed by atoms with Crippen molar-refractivity contribution in [3.05, 3.63) is 18.5 Å². The van der Waals surface area contributed by atoms with Crippen LogP contribution in [-0.4, -0.2) is 48.2 Å². The van der Waals surface area contributed by atoms with Gasteiger partial charge >= 0.3 is 0 Å². The molecule has 0 bridgehead atoms. The summed E-state index contributed by atoms with van der Waals surface area (Å²) < 4.78 is 11.8. The molecule has 2 aromatic rings. The van der Waals surface area contributed by atoms with Crippen molar-refractivity contribution in [2.75, 3.05) is 26.9 Å². The van der Waals surface area contributed by atoms with Gasteiger partial charge in [0.1, 0.15) is 12.1 Å². The summed E-state index contributed by atoms with van der Waals surface area (Å²) in [5.41, 5.74) is 6.83. The maximum Gasteiger partial charge on any atom is 0.174 e. The van der Waals surface area contributed by atoms with Crippen LogP contribution in [0.3, 0.4) is 0 Å². The van der Waals surface area contributed by atoms with E-state index < -0.39 is 0 Å². The van der Waals surface area contributed by atoms with Gasteiger partial charge in [-0.2, -0.15) is 0 Å². The summed E-state index contributed by atoms with van der Waals surface area (Å²) in [6.45, 7) is 0. The van der Waals surface area contributed by atoms with E-state index in [1.165, 1.54) is 6.33 Å². The summed E-state index contributed by atoms with van der Waals surface area (Å²) in [5.74, 6) is 1.76. The fourth-order valence-corrected chi connectivity index (χ4v) is 3.25. The summed E-state index contributed by atoms with van der Waals surface area (Å²) in [6.07, 6.45) is 5.96. The maximum absolute atomic E-state index is 6.30. The molecule has 2 N–H and O–H groups in total. The lowest BCUT2D eigenvalue weighted by Crippen LogP contribution is -2.35. The van der Waals surface area contributed by atoms with Crippen LogP contribution < -0.4 is 15.2 Å². The van der Waals surface area contributed by atoms with Crippen molar-refractivity contribution in [1.82, 2.24) is 14.9 Å². The van der Waals surface area contributed by atoms with E-state index >= 15 is 0 Å². The van der Waals surface area contributed by atoms with E-state index in [0.29, 0.717) is 23.4 Å². The Morgan fingerprint density at radius 1 is 1.13 bits per heavy atom. The average Bonchev–Trinajstić information content (AvgIpc) is 2.55. The molecule has 1 aromatic carbocycles. The lowest BCUT2D eigenvalue weighted by atomic mass is 9.92. The van der Waals surface area contributed by atoms with Gasteiger partial charge in [0.25, 0.3) is 0 Å². The largest absolute Gasteiger partial charge is 0.493 e. The zero-order valence-corrected chi connectivity index (χ0v) is 14.0. The molecule has 23 heavy (non-hydrogen) atoms. The van der Waals surface area contributed by atoms with Gasteiger partial charge in [-0.15, -0.1) is 0 Å². The van der Waals surface area contributed by atoms with Crippen LogP contribution in [-0.2, 0) is 0 Å². The van der Waals surface area contributed by atoms with Crippen LogP contribution in [0, 0.1) is 0 Å². The van der Waals surface area contributed by atoms with E-state index in [1.54, 1.807) is 7.11 Å². The predicted octanol–water partition coefficient (Wildman–Crippen LogP) is 2.47. The molecule has 0 saturated heterocycles. The third-order valence-corrected chi connectivity index (χ3v) is 4.63. The minimum Gasteiger partial charge on any atom is -0.493 e. The van der Waals surface area contributed by atoms with Gasteiger partial charge in [0.2, 0.25) is 0 Å². The molecule has 1 aromatic heterocycles.